The number of rotatable bonds is 14. The van der Waals surface area contributed by atoms with Crippen LogP contribution in [0.3, 0.4) is 0 Å². The zero-order valence-corrected chi connectivity index (χ0v) is 26.0. The second-order valence-electron chi connectivity index (χ2n) is 10.5. The van der Waals surface area contributed by atoms with Crippen molar-refractivity contribution in [3.63, 3.8) is 0 Å². The second kappa shape index (κ2) is 15.5. The Bertz CT molecular complexity index is 1540. The fraction of sp³-hybridized carbons (Fsp3) is 0.222. The van der Waals surface area contributed by atoms with Crippen molar-refractivity contribution >= 4 is 33.8 Å². The van der Waals surface area contributed by atoms with Gasteiger partial charge in [0.2, 0.25) is 5.90 Å². The average molecular weight is 655 g/mol. The van der Waals surface area contributed by atoms with E-state index in [0.717, 1.165) is 33.1 Å². The molecule has 0 bridgehead atoms. The van der Waals surface area contributed by atoms with E-state index in [4.69, 9.17) is 19.6 Å². The van der Waals surface area contributed by atoms with Gasteiger partial charge < -0.3 is 14.6 Å². The Hall–Kier alpha value is -4.24. The lowest BCUT2D eigenvalue weighted by atomic mass is 9.84. The van der Waals surface area contributed by atoms with Crippen molar-refractivity contribution in [3.8, 4) is 5.75 Å². The van der Waals surface area contributed by atoms with Crippen LogP contribution in [0.4, 0.5) is 0 Å². The maximum Gasteiger partial charge on any atom is 0.266 e. The summed E-state index contributed by atoms with van der Waals surface area (Å²) in [6, 6.07) is 35.3. The van der Waals surface area contributed by atoms with Crippen LogP contribution < -0.4 is 15.6 Å². The summed E-state index contributed by atoms with van der Waals surface area (Å²) < 4.78 is 13.3. The van der Waals surface area contributed by atoms with Crippen molar-refractivity contribution in [2.45, 2.75) is 30.9 Å². The van der Waals surface area contributed by atoms with E-state index >= 15 is 0 Å². The number of nitrogens with one attached hydrogen (secondary N) is 2. The maximum absolute atomic E-state index is 14.2. The summed E-state index contributed by atoms with van der Waals surface area (Å²) in [7, 11) is 0. The Kier molecular flexibility index (Phi) is 11.0. The molecular formula is C36H36BrN3O4. The number of carbonyl (C=O) groups excluding carboxylic acids is 1. The third-order valence-electron chi connectivity index (χ3n) is 7.33. The number of aliphatic hydroxyl groups is 1. The number of hydrogen-bond acceptors (Lipinski definition) is 6. The third kappa shape index (κ3) is 8.02. The standard InChI is InChI=1S/C36H36BrN3O4/c37-31-18-14-28(15-19-31)22-24-38-40-35(42)36(23-7-11-27-9-3-1-4-10-27)33(29-12-5-2-6-13-29)44-34(39-36)30-16-20-32(21-17-30)43-26-8-25-41/h1-7,9-21,33,38,41H,8,22-26H2,(H,40,42)/b11-7+/t33-,36-/m0/s1. The van der Waals surface area contributed by atoms with E-state index < -0.39 is 11.6 Å². The van der Waals surface area contributed by atoms with Crippen molar-refractivity contribution in [2.24, 2.45) is 4.99 Å². The summed E-state index contributed by atoms with van der Waals surface area (Å²) in [6.45, 7) is 1.05. The van der Waals surface area contributed by atoms with Gasteiger partial charge in [0.25, 0.3) is 5.91 Å². The Labute approximate surface area is 266 Å². The lowest BCUT2D eigenvalue weighted by molar-refractivity contribution is -0.129. The zero-order valence-electron chi connectivity index (χ0n) is 24.4. The molecule has 44 heavy (non-hydrogen) atoms. The summed E-state index contributed by atoms with van der Waals surface area (Å²) in [6.07, 6.45) is 4.95. The van der Waals surface area contributed by atoms with Crippen LogP contribution in [-0.4, -0.2) is 42.2 Å². The van der Waals surface area contributed by atoms with Crippen LogP contribution in [-0.2, 0) is 16.0 Å². The van der Waals surface area contributed by atoms with Gasteiger partial charge in [-0.3, -0.25) is 10.2 Å². The molecule has 0 radical (unpaired) electrons. The summed E-state index contributed by atoms with van der Waals surface area (Å²) in [5, 5.41) is 9.04. The molecule has 5 rings (SSSR count). The molecule has 0 spiro atoms. The number of ether oxygens (including phenoxy) is 2. The first kappa shape index (κ1) is 31.2. The van der Waals surface area contributed by atoms with E-state index in [1.54, 1.807) is 0 Å². The number of aliphatic hydroxyl groups excluding tert-OH is 1. The molecule has 8 heteroatoms. The van der Waals surface area contributed by atoms with Gasteiger partial charge in [-0.05, 0) is 59.5 Å². The van der Waals surface area contributed by atoms with Crippen LogP contribution in [0.5, 0.6) is 5.75 Å². The largest absolute Gasteiger partial charge is 0.494 e. The van der Waals surface area contributed by atoms with Crippen molar-refractivity contribution in [1.29, 1.82) is 0 Å². The predicted octanol–water partition coefficient (Wildman–Crippen LogP) is 6.43. The van der Waals surface area contributed by atoms with E-state index in [-0.39, 0.29) is 12.5 Å². The molecule has 1 aliphatic rings. The average Bonchev–Trinajstić information content (AvgIpc) is 3.46. The SMILES string of the molecule is O=C(NNCCc1ccc(Br)cc1)[C@@]1(C/C=C/c2ccccc2)N=C(c2ccc(OCCCO)cc2)O[C@H]1c1ccccc1. The molecule has 1 heterocycles. The van der Waals surface area contributed by atoms with E-state index in [1.165, 1.54) is 0 Å². The van der Waals surface area contributed by atoms with Gasteiger partial charge >= 0.3 is 0 Å². The number of aliphatic imine (C=N–C) groups is 1. The first-order chi connectivity index (χ1) is 21.6. The first-order valence-corrected chi connectivity index (χ1v) is 15.5. The van der Waals surface area contributed by atoms with Gasteiger partial charge in [-0.1, -0.05) is 101 Å². The molecule has 0 saturated carbocycles. The molecular weight excluding hydrogens is 618 g/mol. The molecule has 0 aromatic heterocycles. The van der Waals surface area contributed by atoms with Crippen LogP contribution in [0.2, 0.25) is 0 Å². The smallest absolute Gasteiger partial charge is 0.266 e. The minimum absolute atomic E-state index is 0.0750. The number of benzene rings is 4. The molecule has 7 nitrogen and oxygen atoms in total. The van der Waals surface area contributed by atoms with E-state index in [1.807, 2.05) is 109 Å². The van der Waals surface area contributed by atoms with Crippen molar-refractivity contribution in [3.05, 3.63) is 142 Å². The van der Waals surface area contributed by atoms with Crippen molar-refractivity contribution < 1.29 is 19.4 Å². The fourth-order valence-corrected chi connectivity index (χ4v) is 5.26. The summed E-state index contributed by atoms with van der Waals surface area (Å²) >= 11 is 3.47. The molecule has 3 N–H and O–H groups in total. The monoisotopic (exact) mass is 653 g/mol. The molecule has 2 atom stereocenters. The number of hydrazine groups is 1. The van der Waals surface area contributed by atoms with Crippen LogP contribution >= 0.6 is 15.9 Å². The molecule has 4 aromatic rings. The molecule has 0 saturated heterocycles. The number of halogens is 1. The lowest BCUT2D eigenvalue weighted by Crippen LogP contribution is -2.52. The highest BCUT2D eigenvalue weighted by Gasteiger charge is 2.52. The minimum Gasteiger partial charge on any atom is -0.494 e. The van der Waals surface area contributed by atoms with Gasteiger partial charge in [0.1, 0.15) is 5.75 Å². The molecule has 0 unspecified atom stereocenters. The molecule has 1 amide bonds. The van der Waals surface area contributed by atoms with E-state index in [2.05, 4.69) is 38.9 Å². The topological polar surface area (TPSA) is 92.2 Å². The summed E-state index contributed by atoms with van der Waals surface area (Å²) in [5.74, 6) is 0.794. The van der Waals surface area contributed by atoms with Gasteiger partial charge in [-0.25, -0.2) is 10.4 Å². The van der Waals surface area contributed by atoms with Crippen LogP contribution in [0.25, 0.3) is 6.08 Å². The van der Waals surface area contributed by atoms with Crippen LogP contribution in [0.15, 0.2) is 125 Å². The highest BCUT2D eigenvalue weighted by atomic mass is 79.9. The lowest BCUT2D eigenvalue weighted by Gasteiger charge is -2.29. The molecule has 0 aliphatic carbocycles. The Morgan fingerprint density at radius 2 is 1.66 bits per heavy atom. The first-order valence-electron chi connectivity index (χ1n) is 14.7. The Balaban J connectivity index is 1.43. The van der Waals surface area contributed by atoms with Gasteiger partial charge in [0.05, 0.1) is 6.61 Å². The van der Waals surface area contributed by atoms with Gasteiger partial charge in [-0.15, -0.1) is 0 Å². The zero-order chi connectivity index (χ0) is 30.6. The molecule has 1 aliphatic heterocycles. The molecule has 0 fully saturated rings. The van der Waals surface area contributed by atoms with Crippen molar-refractivity contribution in [2.75, 3.05) is 19.8 Å². The fourth-order valence-electron chi connectivity index (χ4n) is 4.99. The predicted molar refractivity (Wildman–Crippen MR) is 177 cm³/mol. The highest BCUT2D eigenvalue weighted by Crippen LogP contribution is 2.42. The summed E-state index contributed by atoms with van der Waals surface area (Å²) in [4.78, 5) is 19.2. The van der Waals surface area contributed by atoms with Crippen LogP contribution in [0, 0.1) is 0 Å². The Morgan fingerprint density at radius 1 is 0.955 bits per heavy atom. The Morgan fingerprint density at radius 3 is 2.36 bits per heavy atom. The van der Waals surface area contributed by atoms with Gasteiger partial charge in [0.15, 0.2) is 11.6 Å². The minimum atomic E-state index is -1.27. The van der Waals surface area contributed by atoms with Crippen LogP contribution in [0.1, 0.15) is 41.2 Å². The van der Waals surface area contributed by atoms with Gasteiger partial charge in [0, 0.05) is 36.0 Å². The number of carbonyl (C=O) groups is 1. The summed E-state index contributed by atoms with van der Waals surface area (Å²) in [5.41, 5.74) is 8.58. The third-order valence-corrected chi connectivity index (χ3v) is 7.85. The molecule has 226 valence electrons. The highest BCUT2D eigenvalue weighted by molar-refractivity contribution is 9.10. The molecule has 4 aromatic carbocycles. The number of hydrogen-bond donors (Lipinski definition) is 3. The van der Waals surface area contributed by atoms with E-state index in [9.17, 15) is 4.79 Å². The maximum atomic E-state index is 14.2. The van der Waals surface area contributed by atoms with Gasteiger partial charge in [-0.2, -0.15) is 0 Å². The van der Waals surface area contributed by atoms with E-state index in [0.29, 0.717) is 37.6 Å². The quantitative estimate of drug-likeness (QED) is 0.108. The van der Waals surface area contributed by atoms with Crippen molar-refractivity contribution in [1.82, 2.24) is 10.9 Å². The number of nitrogens with zero attached hydrogens (tertiary/aromatic N) is 1. The second-order valence-corrected chi connectivity index (χ2v) is 11.4. The number of amides is 1. The normalized spacial score (nSPS) is 17.7.